The molecule has 0 N–H and O–H groups in total. The van der Waals surface area contributed by atoms with E-state index in [0.29, 0.717) is 6.61 Å². The van der Waals surface area contributed by atoms with Gasteiger partial charge in [-0.25, -0.2) is 0 Å². The number of likely N-dealkylation sites (N-methyl/N-ethyl adjacent to an activating group) is 1. The van der Waals surface area contributed by atoms with E-state index in [2.05, 4.69) is 24.8 Å². The minimum atomic E-state index is 0.0774. The van der Waals surface area contributed by atoms with Crippen LogP contribution in [0, 0.1) is 20.8 Å². The number of allylic oxidation sites excluding steroid dienone is 1. The Labute approximate surface area is 167 Å². The summed E-state index contributed by atoms with van der Waals surface area (Å²) in [5, 5.41) is 1.09. The molecule has 1 aromatic heterocycles. The Morgan fingerprint density at radius 3 is 2.43 bits per heavy atom. The number of nitrogens with zero attached hydrogens (tertiary/aromatic N) is 2. The highest BCUT2D eigenvalue weighted by Crippen LogP contribution is 2.38. The topological polar surface area (TPSA) is 45.9 Å². The quantitative estimate of drug-likeness (QED) is 0.720. The van der Waals surface area contributed by atoms with Gasteiger partial charge in [0, 0.05) is 48.8 Å². The van der Waals surface area contributed by atoms with Crippen LogP contribution in [-0.2, 0) is 4.79 Å². The number of amides is 1. The van der Waals surface area contributed by atoms with Crippen LogP contribution in [0.25, 0.3) is 16.5 Å². The molecule has 1 aliphatic rings. The third kappa shape index (κ3) is 3.81. The molecule has 0 bridgehead atoms. The highest BCUT2D eigenvalue weighted by atomic mass is 16.5. The Morgan fingerprint density at radius 1 is 1.14 bits per heavy atom. The van der Waals surface area contributed by atoms with Gasteiger partial charge in [0.05, 0.1) is 6.61 Å². The third-order valence-electron chi connectivity index (χ3n) is 5.83. The minimum Gasteiger partial charge on any atom is -0.493 e. The van der Waals surface area contributed by atoms with Gasteiger partial charge in [-0.1, -0.05) is 6.92 Å². The van der Waals surface area contributed by atoms with E-state index in [0.717, 1.165) is 77.5 Å². The fourth-order valence-electron chi connectivity index (χ4n) is 3.87. The molecule has 1 aromatic carbocycles. The molecule has 5 nitrogen and oxygen atoms in total. The second kappa shape index (κ2) is 8.39. The highest BCUT2D eigenvalue weighted by Gasteiger charge is 2.21. The van der Waals surface area contributed by atoms with Crippen LogP contribution in [0.1, 0.15) is 43.2 Å². The maximum absolute atomic E-state index is 12.8. The van der Waals surface area contributed by atoms with Crippen molar-refractivity contribution < 1.29 is 13.9 Å². The van der Waals surface area contributed by atoms with Crippen LogP contribution in [-0.4, -0.2) is 55.0 Å². The number of rotatable bonds is 5. The van der Waals surface area contributed by atoms with Crippen molar-refractivity contribution >= 4 is 22.4 Å². The lowest BCUT2D eigenvalue weighted by atomic mass is 9.98. The molecule has 2 aromatic rings. The van der Waals surface area contributed by atoms with E-state index in [1.165, 1.54) is 0 Å². The van der Waals surface area contributed by atoms with Crippen molar-refractivity contribution in [1.29, 1.82) is 0 Å². The van der Waals surface area contributed by atoms with Crippen LogP contribution in [0.4, 0.5) is 0 Å². The lowest BCUT2D eigenvalue weighted by Gasteiger charge is -2.33. The lowest BCUT2D eigenvalue weighted by molar-refractivity contribution is -0.127. The van der Waals surface area contributed by atoms with Gasteiger partial charge < -0.3 is 19.0 Å². The van der Waals surface area contributed by atoms with Crippen molar-refractivity contribution in [3.05, 3.63) is 34.6 Å². The first-order valence-corrected chi connectivity index (χ1v) is 10.2. The van der Waals surface area contributed by atoms with Gasteiger partial charge in [0.2, 0.25) is 5.91 Å². The summed E-state index contributed by atoms with van der Waals surface area (Å²) in [4.78, 5) is 17.1. The standard InChI is InChI=1S/C23H32N2O3/c1-7-24-9-11-25(12-10-24)21(26)13-15(3)19-14-20-16(4)18(6)28-23(20)17(5)22(19)27-8-2/h13-14H,7-12H2,1-6H3/b15-13+. The molecule has 0 atom stereocenters. The van der Waals surface area contributed by atoms with Gasteiger partial charge in [0.25, 0.3) is 0 Å². The average Bonchev–Trinajstić information content (AvgIpc) is 2.98. The Bertz CT molecular complexity index is 902. The summed E-state index contributed by atoms with van der Waals surface area (Å²) < 4.78 is 11.9. The van der Waals surface area contributed by atoms with E-state index < -0.39 is 0 Å². The van der Waals surface area contributed by atoms with E-state index in [1.54, 1.807) is 6.08 Å². The summed E-state index contributed by atoms with van der Waals surface area (Å²) in [6.07, 6.45) is 1.76. The van der Waals surface area contributed by atoms with Gasteiger partial charge in [-0.3, -0.25) is 4.79 Å². The largest absolute Gasteiger partial charge is 0.493 e. The molecule has 0 spiro atoms. The van der Waals surface area contributed by atoms with Gasteiger partial charge in [0.1, 0.15) is 17.1 Å². The van der Waals surface area contributed by atoms with Crippen molar-refractivity contribution in [2.75, 3.05) is 39.3 Å². The number of benzene rings is 1. The molecule has 0 aliphatic carbocycles. The van der Waals surface area contributed by atoms with Crippen LogP contribution in [0.5, 0.6) is 5.75 Å². The molecule has 2 heterocycles. The fourth-order valence-corrected chi connectivity index (χ4v) is 3.87. The van der Waals surface area contributed by atoms with Crippen LogP contribution in [0.2, 0.25) is 0 Å². The minimum absolute atomic E-state index is 0.0774. The Morgan fingerprint density at radius 2 is 1.82 bits per heavy atom. The smallest absolute Gasteiger partial charge is 0.246 e. The van der Waals surface area contributed by atoms with E-state index in [9.17, 15) is 4.79 Å². The first-order valence-electron chi connectivity index (χ1n) is 10.2. The Hall–Kier alpha value is -2.27. The number of hydrogen-bond acceptors (Lipinski definition) is 4. The maximum Gasteiger partial charge on any atom is 0.246 e. The van der Waals surface area contributed by atoms with Crippen molar-refractivity contribution in [1.82, 2.24) is 9.80 Å². The summed E-state index contributed by atoms with van der Waals surface area (Å²) in [5.74, 6) is 1.80. The summed E-state index contributed by atoms with van der Waals surface area (Å²) in [7, 11) is 0. The molecule has 0 saturated carbocycles. The SMILES string of the molecule is CCOc1c(/C(C)=C/C(=O)N2CCN(CC)CC2)cc2c(C)c(C)oc2c1C. The second-order valence-electron chi connectivity index (χ2n) is 7.56. The fraction of sp³-hybridized carbons (Fsp3) is 0.522. The molecule has 152 valence electrons. The molecule has 0 radical (unpaired) electrons. The summed E-state index contributed by atoms with van der Waals surface area (Å²) in [5.41, 5.74) is 4.89. The van der Waals surface area contributed by atoms with Crippen LogP contribution >= 0.6 is 0 Å². The highest BCUT2D eigenvalue weighted by molar-refractivity contribution is 5.98. The molecule has 1 saturated heterocycles. The van der Waals surface area contributed by atoms with E-state index in [4.69, 9.17) is 9.15 Å². The third-order valence-corrected chi connectivity index (χ3v) is 5.83. The monoisotopic (exact) mass is 384 g/mol. The van der Waals surface area contributed by atoms with Crippen LogP contribution < -0.4 is 4.74 Å². The van der Waals surface area contributed by atoms with Gasteiger partial charge >= 0.3 is 0 Å². The predicted octanol–water partition coefficient (Wildman–Crippen LogP) is 4.32. The van der Waals surface area contributed by atoms with E-state index in [1.807, 2.05) is 32.6 Å². The van der Waals surface area contributed by atoms with E-state index in [-0.39, 0.29) is 5.91 Å². The normalized spacial score (nSPS) is 16.1. The molecule has 1 fully saturated rings. The molecule has 28 heavy (non-hydrogen) atoms. The summed E-state index contributed by atoms with van der Waals surface area (Å²) in [6, 6.07) is 2.10. The average molecular weight is 385 g/mol. The zero-order valence-electron chi connectivity index (χ0n) is 18.0. The number of fused-ring (bicyclic) bond motifs is 1. The van der Waals surface area contributed by atoms with Gasteiger partial charge in [0.15, 0.2) is 0 Å². The summed E-state index contributed by atoms with van der Waals surface area (Å²) >= 11 is 0. The predicted molar refractivity (Wildman–Crippen MR) is 114 cm³/mol. The van der Waals surface area contributed by atoms with Gasteiger partial charge in [-0.15, -0.1) is 0 Å². The van der Waals surface area contributed by atoms with Gasteiger partial charge in [-0.2, -0.15) is 0 Å². The molecular weight excluding hydrogens is 352 g/mol. The number of carbonyl (C=O) groups excluding carboxylic acids is 1. The number of hydrogen-bond donors (Lipinski definition) is 0. The van der Waals surface area contributed by atoms with Crippen LogP contribution in [0.3, 0.4) is 0 Å². The first-order chi connectivity index (χ1) is 13.4. The number of piperazine rings is 1. The molecule has 5 heteroatoms. The molecular formula is C23H32N2O3. The first kappa shape index (κ1) is 20.5. The molecule has 1 amide bonds. The number of aryl methyl sites for hydroxylation is 3. The Balaban J connectivity index is 1.96. The van der Waals surface area contributed by atoms with Crippen molar-refractivity contribution in [3.8, 4) is 5.75 Å². The molecule has 1 aliphatic heterocycles. The van der Waals surface area contributed by atoms with Crippen molar-refractivity contribution in [3.63, 3.8) is 0 Å². The number of furan rings is 1. The Kier molecular flexibility index (Phi) is 6.14. The number of ether oxygens (including phenoxy) is 1. The zero-order valence-corrected chi connectivity index (χ0v) is 18.0. The zero-order chi connectivity index (χ0) is 20.4. The van der Waals surface area contributed by atoms with Gasteiger partial charge in [-0.05, 0) is 58.4 Å². The maximum atomic E-state index is 12.8. The lowest BCUT2D eigenvalue weighted by Crippen LogP contribution is -2.48. The van der Waals surface area contributed by atoms with Crippen molar-refractivity contribution in [2.24, 2.45) is 0 Å². The molecule has 0 unspecified atom stereocenters. The second-order valence-corrected chi connectivity index (χ2v) is 7.56. The molecule has 3 rings (SSSR count). The van der Waals surface area contributed by atoms with E-state index >= 15 is 0 Å². The van der Waals surface area contributed by atoms with Crippen molar-refractivity contribution in [2.45, 2.75) is 41.5 Å². The number of carbonyl (C=O) groups is 1. The summed E-state index contributed by atoms with van der Waals surface area (Å²) in [6.45, 7) is 17.3. The van der Waals surface area contributed by atoms with Crippen LogP contribution in [0.15, 0.2) is 16.6 Å².